The van der Waals surface area contributed by atoms with Crippen molar-refractivity contribution in [2.45, 2.75) is 20.8 Å². The Hall–Kier alpha value is -2.71. The van der Waals surface area contributed by atoms with Crippen LogP contribution in [0.1, 0.15) is 31.1 Å². The summed E-state index contributed by atoms with van der Waals surface area (Å²) in [6.45, 7) is 6.84. The molecule has 0 saturated carbocycles. The van der Waals surface area contributed by atoms with Crippen molar-refractivity contribution in [1.29, 1.82) is 0 Å². The first-order chi connectivity index (χ1) is 14.0. The van der Waals surface area contributed by atoms with E-state index in [4.69, 9.17) is 38.0 Å². The number of anilines is 1. The number of benzene rings is 2. The van der Waals surface area contributed by atoms with E-state index in [2.05, 4.69) is 16.2 Å². The van der Waals surface area contributed by atoms with Gasteiger partial charge in [0.05, 0.1) is 30.5 Å². The molecule has 0 aliphatic rings. The molecule has 0 heterocycles. The predicted molar refractivity (Wildman–Crippen MR) is 118 cm³/mol. The van der Waals surface area contributed by atoms with Crippen molar-refractivity contribution in [2.24, 2.45) is 0 Å². The number of carbonyl (C=O) groups is 1. The molecule has 0 aromatic heterocycles. The zero-order valence-corrected chi connectivity index (χ0v) is 18.1. The maximum absolute atomic E-state index is 12.6. The van der Waals surface area contributed by atoms with Gasteiger partial charge in [-0.2, -0.15) is 0 Å². The van der Waals surface area contributed by atoms with Crippen molar-refractivity contribution in [3.8, 4) is 17.2 Å². The Kier molecular flexibility index (Phi) is 8.82. The first kappa shape index (κ1) is 22.6. The van der Waals surface area contributed by atoms with E-state index < -0.39 is 5.91 Å². The molecule has 9 heteroatoms. The second kappa shape index (κ2) is 11.3. The maximum atomic E-state index is 12.6. The number of amides is 1. The molecule has 0 unspecified atom stereocenters. The van der Waals surface area contributed by atoms with Gasteiger partial charge in [0.1, 0.15) is 0 Å². The molecule has 0 saturated heterocycles. The van der Waals surface area contributed by atoms with Crippen LogP contribution in [0.3, 0.4) is 0 Å². The van der Waals surface area contributed by atoms with Gasteiger partial charge in [-0.15, -0.1) is 0 Å². The van der Waals surface area contributed by atoms with Crippen LogP contribution >= 0.6 is 23.8 Å². The Morgan fingerprint density at radius 1 is 0.966 bits per heavy atom. The van der Waals surface area contributed by atoms with Crippen LogP contribution in [0.25, 0.3) is 0 Å². The summed E-state index contributed by atoms with van der Waals surface area (Å²) in [5.41, 5.74) is 6.14. The number of thiocarbonyl (C=S) groups is 1. The van der Waals surface area contributed by atoms with E-state index in [-0.39, 0.29) is 5.11 Å². The third kappa shape index (κ3) is 6.40. The minimum absolute atomic E-state index is 0.187. The quantitative estimate of drug-likeness (QED) is 0.422. The highest BCUT2D eigenvalue weighted by Crippen LogP contribution is 2.39. The second-order valence-corrected chi connectivity index (χ2v) is 6.43. The monoisotopic (exact) mass is 437 g/mol. The molecule has 0 aliphatic carbocycles. The number of ether oxygens (including phenoxy) is 3. The van der Waals surface area contributed by atoms with Gasteiger partial charge >= 0.3 is 0 Å². The molecule has 0 bridgehead atoms. The lowest BCUT2D eigenvalue weighted by Gasteiger charge is -2.17. The molecule has 2 rings (SSSR count). The van der Waals surface area contributed by atoms with E-state index >= 15 is 0 Å². The third-order valence-corrected chi connectivity index (χ3v) is 4.12. The van der Waals surface area contributed by atoms with E-state index in [0.717, 1.165) is 0 Å². The summed E-state index contributed by atoms with van der Waals surface area (Å²) in [6.07, 6.45) is 0. The topological polar surface area (TPSA) is 80.9 Å². The predicted octanol–water partition coefficient (Wildman–Crippen LogP) is 4.17. The van der Waals surface area contributed by atoms with Gasteiger partial charge in [-0.25, -0.2) is 0 Å². The Bertz CT molecular complexity index is 836. The zero-order valence-electron chi connectivity index (χ0n) is 16.5. The van der Waals surface area contributed by atoms with Crippen LogP contribution in [0.5, 0.6) is 17.2 Å². The van der Waals surface area contributed by atoms with Crippen molar-refractivity contribution in [3.05, 3.63) is 47.0 Å². The fraction of sp³-hybridized carbons (Fsp3) is 0.300. The van der Waals surface area contributed by atoms with Crippen molar-refractivity contribution in [3.63, 3.8) is 0 Å². The van der Waals surface area contributed by atoms with Crippen LogP contribution in [-0.4, -0.2) is 30.8 Å². The number of hydrogen-bond acceptors (Lipinski definition) is 5. The summed E-state index contributed by atoms with van der Waals surface area (Å²) in [5, 5.41) is 3.61. The molecule has 0 atom stereocenters. The summed E-state index contributed by atoms with van der Waals surface area (Å²) in [6, 6.07) is 10.3. The van der Waals surface area contributed by atoms with Crippen LogP contribution in [0.4, 0.5) is 5.69 Å². The molecule has 156 valence electrons. The van der Waals surface area contributed by atoms with Gasteiger partial charge in [0, 0.05) is 5.56 Å². The van der Waals surface area contributed by atoms with E-state index in [0.29, 0.717) is 53.3 Å². The molecule has 2 aromatic rings. The van der Waals surface area contributed by atoms with Gasteiger partial charge in [-0.3, -0.25) is 15.6 Å². The van der Waals surface area contributed by atoms with Crippen molar-refractivity contribution in [1.82, 2.24) is 10.9 Å². The number of rotatable bonds is 8. The first-order valence-electron chi connectivity index (χ1n) is 9.18. The van der Waals surface area contributed by atoms with Crippen molar-refractivity contribution < 1.29 is 19.0 Å². The molecule has 7 nitrogen and oxygen atoms in total. The van der Waals surface area contributed by atoms with E-state index in [1.165, 1.54) is 0 Å². The lowest BCUT2D eigenvalue weighted by atomic mass is 10.1. The van der Waals surface area contributed by atoms with Gasteiger partial charge in [0.25, 0.3) is 5.91 Å². The second-order valence-electron chi connectivity index (χ2n) is 5.61. The Balaban J connectivity index is 2.12. The lowest BCUT2D eigenvalue weighted by molar-refractivity contribution is 0.0943. The third-order valence-electron chi connectivity index (χ3n) is 3.58. The molecule has 3 N–H and O–H groups in total. The fourth-order valence-electron chi connectivity index (χ4n) is 2.42. The Morgan fingerprint density at radius 2 is 1.55 bits per heavy atom. The average molecular weight is 438 g/mol. The smallest absolute Gasteiger partial charge is 0.269 e. The zero-order chi connectivity index (χ0) is 21.2. The van der Waals surface area contributed by atoms with Gasteiger partial charge in [-0.1, -0.05) is 23.7 Å². The maximum Gasteiger partial charge on any atom is 0.269 e. The Morgan fingerprint density at radius 3 is 2.10 bits per heavy atom. The minimum atomic E-state index is -0.418. The van der Waals surface area contributed by atoms with Crippen LogP contribution in [0.15, 0.2) is 36.4 Å². The molecule has 2 aromatic carbocycles. The summed E-state index contributed by atoms with van der Waals surface area (Å²) >= 11 is 11.3. The minimum Gasteiger partial charge on any atom is -0.490 e. The number of hydrogen-bond donors (Lipinski definition) is 3. The lowest BCUT2D eigenvalue weighted by Crippen LogP contribution is -2.43. The summed E-state index contributed by atoms with van der Waals surface area (Å²) in [5.74, 6) is 0.916. The molecule has 1 amide bonds. The van der Waals surface area contributed by atoms with Crippen LogP contribution in [0.2, 0.25) is 5.02 Å². The van der Waals surface area contributed by atoms with Crippen molar-refractivity contribution in [2.75, 3.05) is 25.1 Å². The number of hydrazine groups is 1. The highest BCUT2D eigenvalue weighted by molar-refractivity contribution is 7.80. The van der Waals surface area contributed by atoms with E-state index in [9.17, 15) is 4.79 Å². The largest absolute Gasteiger partial charge is 0.490 e. The summed E-state index contributed by atoms with van der Waals surface area (Å²) in [7, 11) is 0. The van der Waals surface area contributed by atoms with Crippen LogP contribution in [0, 0.1) is 0 Å². The van der Waals surface area contributed by atoms with Gasteiger partial charge in [-0.05, 0) is 57.3 Å². The van der Waals surface area contributed by atoms with E-state index in [1.807, 2.05) is 32.9 Å². The first-order valence-corrected chi connectivity index (χ1v) is 9.97. The molecule has 0 fully saturated rings. The SMILES string of the molecule is CCOc1cc(C(=O)NNC(=S)Nc2ccccc2Cl)cc(OCC)c1OCC. The highest BCUT2D eigenvalue weighted by atomic mass is 35.5. The molecule has 0 radical (unpaired) electrons. The fourth-order valence-corrected chi connectivity index (χ4v) is 2.77. The summed E-state index contributed by atoms with van der Waals surface area (Å²) < 4.78 is 16.9. The standard InChI is InChI=1S/C20H24ClN3O4S/c1-4-26-16-11-13(12-17(27-5-2)18(16)28-6-3)19(25)23-24-20(29)22-15-10-8-7-9-14(15)21/h7-12H,4-6H2,1-3H3,(H,23,25)(H2,22,24,29). The van der Waals surface area contributed by atoms with Gasteiger partial charge < -0.3 is 19.5 Å². The number of para-hydroxylation sites is 1. The molecular weight excluding hydrogens is 414 g/mol. The number of halogens is 1. The summed E-state index contributed by atoms with van der Waals surface area (Å²) in [4.78, 5) is 12.6. The molecule has 29 heavy (non-hydrogen) atoms. The van der Waals surface area contributed by atoms with Gasteiger partial charge in [0.15, 0.2) is 16.6 Å². The Labute approximate surface area is 180 Å². The van der Waals surface area contributed by atoms with E-state index in [1.54, 1.807) is 24.3 Å². The highest BCUT2D eigenvalue weighted by Gasteiger charge is 2.18. The molecule has 0 aliphatic heterocycles. The van der Waals surface area contributed by atoms with Gasteiger partial charge in [0.2, 0.25) is 5.75 Å². The number of nitrogens with one attached hydrogen (secondary N) is 3. The molecule has 0 spiro atoms. The number of carbonyl (C=O) groups excluding carboxylic acids is 1. The van der Waals surface area contributed by atoms with Crippen molar-refractivity contribution >= 4 is 40.5 Å². The normalized spacial score (nSPS) is 10.1. The van der Waals surface area contributed by atoms with Crippen LogP contribution in [-0.2, 0) is 0 Å². The average Bonchev–Trinajstić information content (AvgIpc) is 2.70. The van der Waals surface area contributed by atoms with Crippen LogP contribution < -0.4 is 30.4 Å². The molecular formula is C20H24ClN3O4S.